The Balaban J connectivity index is 1.82. The summed E-state index contributed by atoms with van der Waals surface area (Å²) in [6.07, 6.45) is 18.2. The van der Waals surface area contributed by atoms with E-state index in [0.717, 1.165) is 19.5 Å². The summed E-state index contributed by atoms with van der Waals surface area (Å²) in [5, 5.41) is 0. The molecule has 0 aromatic rings. The zero-order valence-electron chi connectivity index (χ0n) is 12.8. The highest BCUT2D eigenvalue weighted by atomic mass is 16.1. The second-order valence-corrected chi connectivity index (χ2v) is 5.99. The van der Waals surface area contributed by atoms with Gasteiger partial charge in [-0.1, -0.05) is 64.7 Å². The van der Waals surface area contributed by atoms with Gasteiger partial charge in [0.15, 0.2) is 0 Å². The molecule has 0 aromatic heterocycles. The first kappa shape index (κ1) is 16.7. The summed E-state index contributed by atoms with van der Waals surface area (Å²) in [6.45, 7) is 4.49. The number of carbonyl (C=O) groups excluding carboxylic acids is 1. The van der Waals surface area contributed by atoms with Crippen LogP contribution in [0.4, 0.5) is 0 Å². The summed E-state index contributed by atoms with van der Waals surface area (Å²) >= 11 is 0. The Morgan fingerprint density at radius 2 is 1.53 bits per heavy atom. The van der Waals surface area contributed by atoms with Crippen LogP contribution >= 0.6 is 0 Å². The van der Waals surface area contributed by atoms with E-state index in [2.05, 4.69) is 18.1 Å². The third-order valence-corrected chi connectivity index (χ3v) is 4.30. The van der Waals surface area contributed by atoms with Crippen molar-refractivity contribution in [2.45, 2.75) is 90.0 Å². The number of unbranched alkanes of at least 4 members (excludes halogenated alkanes) is 9. The minimum atomic E-state index is 0.110. The molecule has 2 heteroatoms. The minimum absolute atomic E-state index is 0.110. The van der Waals surface area contributed by atoms with Gasteiger partial charge in [-0.2, -0.15) is 0 Å². The highest BCUT2D eigenvalue weighted by molar-refractivity contribution is 5.58. The van der Waals surface area contributed by atoms with Crippen molar-refractivity contribution in [1.82, 2.24) is 4.90 Å². The van der Waals surface area contributed by atoms with Gasteiger partial charge in [-0.25, -0.2) is 0 Å². The fourth-order valence-electron chi connectivity index (χ4n) is 3.03. The summed E-state index contributed by atoms with van der Waals surface area (Å²) in [5.74, 6) is 0. The SMILES string of the molecule is CCCCCCCCCCCCN1CCC[C@H]1[C]=O. The van der Waals surface area contributed by atoms with Crippen molar-refractivity contribution in [1.29, 1.82) is 0 Å². The largest absolute Gasteiger partial charge is 0.293 e. The Labute approximate surface area is 119 Å². The van der Waals surface area contributed by atoms with Gasteiger partial charge < -0.3 is 0 Å². The van der Waals surface area contributed by atoms with E-state index >= 15 is 0 Å². The molecule has 1 atom stereocenters. The fraction of sp³-hybridized carbons (Fsp3) is 0.941. The van der Waals surface area contributed by atoms with E-state index in [-0.39, 0.29) is 6.04 Å². The summed E-state index contributed by atoms with van der Waals surface area (Å²) in [4.78, 5) is 13.1. The number of likely N-dealkylation sites (tertiary alicyclic amines) is 1. The van der Waals surface area contributed by atoms with Gasteiger partial charge in [0.05, 0.1) is 6.04 Å². The van der Waals surface area contributed by atoms with Gasteiger partial charge >= 0.3 is 0 Å². The van der Waals surface area contributed by atoms with Gasteiger partial charge in [0.2, 0.25) is 6.29 Å². The van der Waals surface area contributed by atoms with Gasteiger partial charge in [0.1, 0.15) is 0 Å². The summed E-state index contributed by atoms with van der Waals surface area (Å²) in [6, 6.07) is 0.110. The Kier molecular flexibility index (Phi) is 10.1. The van der Waals surface area contributed by atoms with E-state index in [0.29, 0.717) is 0 Å². The van der Waals surface area contributed by atoms with E-state index in [9.17, 15) is 4.79 Å². The van der Waals surface area contributed by atoms with Gasteiger partial charge in [0, 0.05) is 0 Å². The smallest absolute Gasteiger partial charge is 0.217 e. The van der Waals surface area contributed by atoms with E-state index in [4.69, 9.17) is 0 Å². The molecule has 0 amide bonds. The van der Waals surface area contributed by atoms with Crippen LogP contribution in [-0.4, -0.2) is 30.3 Å². The normalized spacial score (nSPS) is 19.9. The Hall–Kier alpha value is -0.370. The van der Waals surface area contributed by atoms with E-state index < -0.39 is 0 Å². The van der Waals surface area contributed by atoms with Gasteiger partial charge in [-0.05, 0) is 32.4 Å². The lowest BCUT2D eigenvalue weighted by Crippen LogP contribution is -2.31. The Bertz CT molecular complexity index is 217. The molecule has 0 saturated carbocycles. The molecule has 19 heavy (non-hydrogen) atoms. The molecule has 111 valence electrons. The molecule has 0 spiro atoms. The minimum Gasteiger partial charge on any atom is -0.293 e. The van der Waals surface area contributed by atoms with E-state index in [1.807, 2.05) is 0 Å². The molecule has 2 nitrogen and oxygen atoms in total. The van der Waals surface area contributed by atoms with E-state index in [1.165, 1.54) is 70.6 Å². The van der Waals surface area contributed by atoms with Gasteiger partial charge in [-0.3, -0.25) is 9.69 Å². The van der Waals surface area contributed by atoms with Crippen LogP contribution in [0.15, 0.2) is 0 Å². The second-order valence-electron chi connectivity index (χ2n) is 5.99. The Morgan fingerprint density at radius 1 is 0.947 bits per heavy atom. The molecule has 0 aromatic carbocycles. The van der Waals surface area contributed by atoms with Crippen molar-refractivity contribution < 1.29 is 4.79 Å². The quantitative estimate of drug-likeness (QED) is 0.485. The summed E-state index contributed by atoms with van der Waals surface area (Å²) in [7, 11) is 0. The van der Waals surface area contributed by atoms with Crippen LogP contribution in [0.2, 0.25) is 0 Å². The lowest BCUT2D eigenvalue weighted by atomic mass is 10.1. The van der Waals surface area contributed by atoms with Crippen LogP contribution in [-0.2, 0) is 4.79 Å². The van der Waals surface area contributed by atoms with Crippen molar-refractivity contribution in [3.63, 3.8) is 0 Å². The molecule has 0 aliphatic carbocycles. The molecule has 0 N–H and O–H groups in total. The number of hydrogen-bond acceptors (Lipinski definition) is 2. The first-order valence-corrected chi connectivity index (χ1v) is 8.50. The summed E-state index contributed by atoms with van der Waals surface area (Å²) < 4.78 is 0. The topological polar surface area (TPSA) is 20.3 Å². The molecule has 1 aliphatic heterocycles. The third kappa shape index (κ3) is 7.71. The second kappa shape index (κ2) is 11.5. The first-order valence-electron chi connectivity index (χ1n) is 8.50. The fourth-order valence-corrected chi connectivity index (χ4v) is 3.03. The van der Waals surface area contributed by atoms with E-state index in [1.54, 1.807) is 0 Å². The van der Waals surface area contributed by atoms with Crippen LogP contribution in [0, 0.1) is 0 Å². The zero-order valence-corrected chi connectivity index (χ0v) is 12.8. The molecule has 1 aliphatic rings. The van der Waals surface area contributed by atoms with Gasteiger partial charge in [0.25, 0.3) is 0 Å². The molecule has 0 unspecified atom stereocenters. The van der Waals surface area contributed by atoms with Crippen LogP contribution < -0.4 is 0 Å². The van der Waals surface area contributed by atoms with Gasteiger partial charge in [-0.15, -0.1) is 0 Å². The molecular formula is C17H32NO. The molecule has 0 bridgehead atoms. The van der Waals surface area contributed by atoms with Crippen LogP contribution in [0.25, 0.3) is 0 Å². The molecule has 1 rings (SSSR count). The highest BCUT2D eigenvalue weighted by Gasteiger charge is 2.23. The Morgan fingerprint density at radius 3 is 2.11 bits per heavy atom. The molecule has 1 fully saturated rings. The maximum absolute atomic E-state index is 10.7. The first-order chi connectivity index (χ1) is 9.38. The highest BCUT2D eigenvalue weighted by Crippen LogP contribution is 2.17. The molecular weight excluding hydrogens is 234 g/mol. The lowest BCUT2D eigenvalue weighted by molar-refractivity contribution is 0.287. The third-order valence-electron chi connectivity index (χ3n) is 4.30. The van der Waals surface area contributed by atoms with Crippen LogP contribution in [0.5, 0.6) is 0 Å². The maximum atomic E-state index is 10.7. The maximum Gasteiger partial charge on any atom is 0.217 e. The predicted octanol–water partition coefficient (Wildman–Crippen LogP) is 4.48. The summed E-state index contributed by atoms with van der Waals surface area (Å²) in [5.41, 5.74) is 0. The standard InChI is InChI=1S/C17H32NO/c1-2-3-4-5-6-7-8-9-10-11-14-18-15-12-13-17(18)16-19/h17H,2-15H2,1H3/t17-/m0/s1. The average Bonchev–Trinajstić information content (AvgIpc) is 2.88. The van der Waals surface area contributed by atoms with Crippen molar-refractivity contribution >= 4 is 6.29 Å². The number of rotatable bonds is 12. The van der Waals surface area contributed by atoms with Crippen molar-refractivity contribution in [3.8, 4) is 0 Å². The molecule has 1 radical (unpaired) electrons. The monoisotopic (exact) mass is 266 g/mol. The lowest BCUT2D eigenvalue weighted by Gasteiger charge is -2.18. The molecule has 1 saturated heterocycles. The van der Waals surface area contributed by atoms with Crippen LogP contribution in [0.3, 0.4) is 0 Å². The predicted molar refractivity (Wildman–Crippen MR) is 82.1 cm³/mol. The van der Waals surface area contributed by atoms with Crippen molar-refractivity contribution in [2.75, 3.05) is 13.1 Å². The van der Waals surface area contributed by atoms with Crippen molar-refractivity contribution in [3.05, 3.63) is 0 Å². The van der Waals surface area contributed by atoms with Crippen LogP contribution in [0.1, 0.15) is 84.0 Å². The molecule has 1 heterocycles. The average molecular weight is 266 g/mol. The number of nitrogens with zero attached hydrogens (tertiary/aromatic N) is 1. The zero-order chi connectivity index (χ0) is 13.8. The van der Waals surface area contributed by atoms with Crippen molar-refractivity contribution in [2.24, 2.45) is 0 Å². The number of hydrogen-bond donors (Lipinski definition) is 0.